The average molecular weight is 522 g/mol. The van der Waals surface area contributed by atoms with Crippen molar-refractivity contribution < 1.29 is 9.47 Å². The Kier molecular flexibility index (Phi) is 5.18. The zero-order valence-corrected chi connectivity index (χ0v) is 23.2. The summed E-state index contributed by atoms with van der Waals surface area (Å²) >= 11 is 0. The van der Waals surface area contributed by atoms with Crippen LogP contribution in [0.2, 0.25) is 0 Å². The first kappa shape index (κ1) is 23.5. The minimum absolute atomic E-state index is 0.0333. The Balaban J connectivity index is 1.41. The van der Waals surface area contributed by atoms with Crippen molar-refractivity contribution in [3.05, 3.63) is 95.7 Å². The molecule has 40 heavy (non-hydrogen) atoms. The molecule has 196 valence electrons. The minimum atomic E-state index is 0.0333. The topological polar surface area (TPSA) is 26.6 Å². The van der Waals surface area contributed by atoms with Crippen molar-refractivity contribution in [1.82, 2.24) is 4.57 Å². The van der Waals surface area contributed by atoms with E-state index in [9.17, 15) is 0 Å². The van der Waals surface area contributed by atoms with Crippen molar-refractivity contribution in [3.8, 4) is 28.7 Å². The van der Waals surface area contributed by atoms with E-state index in [-0.39, 0.29) is 6.71 Å². The van der Waals surface area contributed by atoms with Gasteiger partial charge in [-0.15, -0.1) is 0 Å². The van der Waals surface area contributed by atoms with Gasteiger partial charge in [-0.1, -0.05) is 48.6 Å². The third-order valence-electron chi connectivity index (χ3n) is 8.79. The molecule has 4 aromatic carbocycles. The molecule has 1 aromatic heterocycles. The first-order chi connectivity index (χ1) is 19.6. The van der Waals surface area contributed by atoms with Crippen molar-refractivity contribution in [2.75, 3.05) is 19.0 Å². The Morgan fingerprint density at radius 1 is 0.825 bits per heavy atom. The van der Waals surface area contributed by atoms with E-state index in [1.54, 1.807) is 0 Å². The summed E-state index contributed by atoms with van der Waals surface area (Å²) in [6.07, 6.45) is 8.88. The highest BCUT2D eigenvalue weighted by molar-refractivity contribution is 6.98. The maximum Gasteiger partial charge on any atom is 0.260 e. The van der Waals surface area contributed by atoms with Gasteiger partial charge in [0.05, 0.1) is 11.2 Å². The summed E-state index contributed by atoms with van der Waals surface area (Å²) in [5.74, 6) is 3.61. The smallest absolute Gasteiger partial charge is 0.260 e. The fourth-order valence-corrected chi connectivity index (χ4v) is 7.03. The number of hydrogen-bond acceptors (Lipinski definition) is 3. The van der Waals surface area contributed by atoms with Crippen LogP contribution in [0.4, 0.5) is 5.69 Å². The predicted octanol–water partition coefficient (Wildman–Crippen LogP) is 6.34. The third kappa shape index (κ3) is 3.33. The summed E-state index contributed by atoms with van der Waals surface area (Å²) < 4.78 is 16.0. The van der Waals surface area contributed by atoms with E-state index in [0.717, 1.165) is 58.2 Å². The highest BCUT2D eigenvalue weighted by Crippen LogP contribution is 2.41. The van der Waals surface area contributed by atoms with Crippen LogP contribution >= 0.6 is 0 Å². The number of fused-ring (bicyclic) bond motifs is 7. The van der Waals surface area contributed by atoms with Crippen molar-refractivity contribution in [1.29, 1.82) is 0 Å². The lowest BCUT2D eigenvalue weighted by Gasteiger charge is -2.34. The Morgan fingerprint density at radius 2 is 1.65 bits per heavy atom. The number of aryl methyl sites for hydroxylation is 1. The van der Waals surface area contributed by atoms with Gasteiger partial charge >= 0.3 is 0 Å². The second kappa shape index (κ2) is 8.82. The molecule has 0 radical (unpaired) electrons. The monoisotopic (exact) mass is 522 g/mol. The Morgan fingerprint density at radius 3 is 2.50 bits per heavy atom. The van der Waals surface area contributed by atoms with E-state index >= 15 is 0 Å². The number of ether oxygens (including phenoxy) is 2. The molecule has 0 N–H and O–H groups in total. The molecule has 0 bridgehead atoms. The highest BCUT2D eigenvalue weighted by Gasteiger charge is 2.41. The molecular formula is C35H31BN2O2. The van der Waals surface area contributed by atoms with Crippen LogP contribution in [0.15, 0.2) is 78.9 Å². The molecule has 0 saturated carbocycles. The van der Waals surface area contributed by atoms with Crippen molar-refractivity contribution in [3.63, 3.8) is 0 Å². The van der Waals surface area contributed by atoms with Gasteiger partial charge in [0.1, 0.15) is 23.0 Å². The standard InChI is InChI=1S/C35H31BN2O2/c1-4-10-22-19-32-34-33(20-22)40-35-27(36(34)26-18-17-23(37(2)3)21-31(26)39-32)13-9-16-30(35)38-28-14-7-5-11-24(28)25-12-6-8-15-29(25)38/h4-5,7,9-11,13-14,16-21H,6,8,12,15H2,1-3H3/b10-4+. The fraction of sp³-hybridized carbons (Fsp3) is 0.200. The lowest BCUT2D eigenvalue weighted by molar-refractivity contribution is 0.463. The molecule has 0 saturated heterocycles. The van der Waals surface area contributed by atoms with Crippen LogP contribution < -0.4 is 30.8 Å². The molecule has 2 aliphatic heterocycles. The van der Waals surface area contributed by atoms with Crippen molar-refractivity contribution >= 4 is 45.8 Å². The summed E-state index contributed by atoms with van der Waals surface area (Å²) in [5, 5.41) is 1.37. The summed E-state index contributed by atoms with van der Waals surface area (Å²) in [5.41, 5.74) is 11.0. The first-order valence-corrected chi connectivity index (χ1v) is 14.3. The maximum absolute atomic E-state index is 6.94. The lowest BCUT2D eigenvalue weighted by atomic mass is 9.34. The average Bonchev–Trinajstić information content (AvgIpc) is 3.30. The van der Waals surface area contributed by atoms with Gasteiger partial charge in [-0.25, -0.2) is 0 Å². The van der Waals surface area contributed by atoms with Gasteiger partial charge in [-0.05, 0) is 85.0 Å². The van der Waals surface area contributed by atoms with Crippen molar-refractivity contribution in [2.24, 2.45) is 0 Å². The molecule has 8 rings (SSSR count). The molecule has 0 spiro atoms. The minimum Gasteiger partial charge on any atom is -0.458 e. The first-order valence-electron chi connectivity index (χ1n) is 14.3. The number of allylic oxidation sites excluding steroid dienone is 1. The normalized spacial score (nSPS) is 14.7. The van der Waals surface area contributed by atoms with Gasteiger partial charge in [0.25, 0.3) is 6.71 Å². The maximum atomic E-state index is 6.94. The Hall–Kier alpha value is -4.38. The number of anilines is 1. The predicted molar refractivity (Wildman–Crippen MR) is 167 cm³/mol. The molecule has 3 aliphatic rings. The molecule has 4 nitrogen and oxygen atoms in total. The summed E-state index contributed by atoms with van der Waals surface area (Å²) in [6, 6.07) is 26.4. The number of hydrogen-bond donors (Lipinski definition) is 0. The van der Waals surface area contributed by atoms with Gasteiger partial charge in [0, 0.05) is 42.4 Å². The van der Waals surface area contributed by atoms with Crippen LogP contribution in [-0.4, -0.2) is 25.4 Å². The van der Waals surface area contributed by atoms with E-state index in [0.29, 0.717) is 0 Å². The molecule has 0 amide bonds. The second-order valence-electron chi connectivity index (χ2n) is 11.4. The van der Waals surface area contributed by atoms with Gasteiger partial charge in [-0.2, -0.15) is 0 Å². The van der Waals surface area contributed by atoms with Crippen LogP contribution in [0.5, 0.6) is 23.0 Å². The largest absolute Gasteiger partial charge is 0.458 e. The highest BCUT2D eigenvalue weighted by atomic mass is 16.5. The van der Waals surface area contributed by atoms with Gasteiger partial charge in [0.15, 0.2) is 0 Å². The summed E-state index contributed by atoms with van der Waals surface area (Å²) in [4.78, 5) is 2.12. The molecule has 0 unspecified atom stereocenters. The second-order valence-corrected chi connectivity index (χ2v) is 11.4. The van der Waals surface area contributed by atoms with Gasteiger partial charge < -0.3 is 18.9 Å². The fourth-order valence-electron chi connectivity index (χ4n) is 7.03. The van der Waals surface area contributed by atoms with Crippen LogP contribution in [0.1, 0.15) is 36.6 Å². The number of para-hydroxylation sites is 2. The Labute approximate surface area is 235 Å². The zero-order chi connectivity index (χ0) is 27.0. The molecule has 0 atom stereocenters. The SMILES string of the molecule is C/C=C/c1cc2c3c(c1)Oc1c(cccc1-n1c4c(c5ccccc51)CCCC4)B3c1ccc(N(C)C)cc1O2. The summed E-state index contributed by atoms with van der Waals surface area (Å²) in [6.45, 7) is 2.08. The number of nitrogens with zero attached hydrogens (tertiary/aromatic N) is 2. The van der Waals surface area contributed by atoms with E-state index in [1.807, 2.05) is 6.92 Å². The van der Waals surface area contributed by atoms with E-state index in [4.69, 9.17) is 9.47 Å². The molecule has 5 heteroatoms. The van der Waals surface area contributed by atoms with Crippen LogP contribution in [0.3, 0.4) is 0 Å². The molecule has 3 heterocycles. The van der Waals surface area contributed by atoms with E-state index < -0.39 is 0 Å². The summed E-state index contributed by atoms with van der Waals surface area (Å²) in [7, 11) is 4.14. The Bertz CT molecular complexity index is 1870. The number of benzene rings is 4. The molecule has 5 aromatic rings. The van der Waals surface area contributed by atoms with Crippen molar-refractivity contribution in [2.45, 2.75) is 32.6 Å². The third-order valence-corrected chi connectivity index (χ3v) is 8.79. The van der Waals surface area contributed by atoms with Crippen LogP contribution in [0.25, 0.3) is 22.7 Å². The van der Waals surface area contributed by atoms with E-state index in [1.165, 1.54) is 45.9 Å². The zero-order valence-electron chi connectivity index (χ0n) is 23.2. The van der Waals surface area contributed by atoms with Gasteiger partial charge in [-0.3, -0.25) is 0 Å². The molecule has 0 fully saturated rings. The van der Waals surface area contributed by atoms with E-state index in [2.05, 4.69) is 109 Å². The number of rotatable bonds is 3. The number of aromatic nitrogens is 1. The molecular weight excluding hydrogens is 491 g/mol. The van der Waals surface area contributed by atoms with Gasteiger partial charge in [0.2, 0.25) is 0 Å². The molecule has 1 aliphatic carbocycles. The quantitative estimate of drug-likeness (QED) is 0.254. The van der Waals surface area contributed by atoms with Crippen LogP contribution in [-0.2, 0) is 12.8 Å². The van der Waals surface area contributed by atoms with Crippen LogP contribution in [0, 0.1) is 0 Å². The lowest BCUT2D eigenvalue weighted by Crippen LogP contribution is -2.57.